The first kappa shape index (κ1) is 18.9. The largest absolute Gasteiger partial charge is 0.458 e. The maximum Gasteiger partial charge on any atom is 0.458 e. The highest BCUT2D eigenvalue weighted by Crippen LogP contribution is 2.49. The SMILES string of the molecule is O=C(c1ccncc1)N1N=C(c2ccccc2)C[C@@]1(O)C(F)(F)C(F)(F)F. The van der Waals surface area contributed by atoms with E-state index >= 15 is 0 Å². The molecule has 2 aromatic rings. The Kier molecular flexibility index (Phi) is 4.46. The number of nitrogens with zero attached hydrogens (tertiary/aromatic N) is 3. The molecular formula is C17H12F5N3O2. The number of hydrazone groups is 1. The van der Waals surface area contributed by atoms with Gasteiger partial charge >= 0.3 is 12.1 Å². The zero-order chi connectivity index (χ0) is 19.9. The molecule has 0 saturated carbocycles. The fourth-order valence-electron chi connectivity index (χ4n) is 2.64. The van der Waals surface area contributed by atoms with Crippen molar-refractivity contribution in [2.24, 2.45) is 5.10 Å². The number of aliphatic hydroxyl groups is 1. The van der Waals surface area contributed by atoms with Crippen LogP contribution >= 0.6 is 0 Å². The van der Waals surface area contributed by atoms with E-state index in [9.17, 15) is 31.9 Å². The van der Waals surface area contributed by atoms with Crippen molar-refractivity contribution in [1.82, 2.24) is 9.99 Å². The van der Waals surface area contributed by atoms with Gasteiger partial charge in [0, 0.05) is 24.4 Å². The Labute approximate surface area is 149 Å². The molecule has 27 heavy (non-hydrogen) atoms. The molecule has 142 valence electrons. The number of carbonyl (C=O) groups is 1. The van der Waals surface area contributed by atoms with Crippen LogP contribution in [-0.2, 0) is 0 Å². The second-order valence-electron chi connectivity index (χ2n) is 5.83. The van der Waals surface area contributed by atoms with E-state index in [2.05, 4.69) is 10.1 Å². The summed E-state index contributed by atoms with van der Waals surface area (Å²) in [5.74, 6) is -6.93. The maximum atomic E-state index is 14.2. The van der Waals surface area contributed by atoms with Crippen LogP contribution in [0.1, 0.15) is 22.3 Å². The Morgan fingerprint density at radius 1 is 1.04 bits per heavy atom. The van der Waals surface area contributed by atoms with Crippen LogP contribution in [0.15, 0.2) is 60.0 Å². The van der Waals surface area contributed by atoms with E-state index in [1.54, 1.807) is 6.07 Å². The molecule has 2 heterocycles. The highest BCUT2D eigenvalue weighted by Gasteiger charge is 2.75. The third-order valence-corrected chi connectivity index (χ3v) is 4.07. The number of alkyl halides is 5. The third kappa shape index (κ3) is 3.05. The summed E-state index contributed by atoms with van der Waals surface area (Å²) in [4.78, 5) is 16.2. The summed E-state index contributed by atoms with van der Waals surface area (Å²) in [7, 11) is 0. The second kappa shape index (κ2) is 6.38. The van der Waals surface area contributed by atoms with Crippen LogP contribution in [0.4, 0.5) is 22.0 Å². The van der Waals surface area contributed by atoms with Crippen LogP contribution in [0.2, 0.25) is 0 Å². The van der Waals surface area contributed by atoms with Crippen molar-refractivity contribution < 1.29 is 31.9 Å². The van der Waals surface area contributed by atoms with Gasteiger partial charge in [0.05, 0.1) is 5.71 Å². The Morgan fingerprint density at radius 3 is 2.19 bits per heavy atom. The first-order valence-corrected chi connectivity index (χ1v) is 7.62. The molecule has 1 aromatic carbocycles. The quantitative estimate of drug-likeness (QED) is 0.826. The predicted octanol–water partition coefficient (Wildman–Crippen LogP) is 3.22. The van der Waals surface area contributed by atoms with Crippen LogP contribution in [0, 0.1) is 0 Å². The number of amides is 1. The van der Waals surface area contributed by atoms with Crippen LogP contribution in [0.5, 0.6) is 0 Å². The first-order valence-electron chi connectivity index (χ1n) is 7.62. The van der Waals surface area contributed by atoms with Crippen LogP contribution < -0.4 is 0 Å². The lowest BCUT2D eigenvalue weighted by atomic mass is 9.95. The monoisotopic (exact) mass is 385 g/mol. The lowest BCUT2D eigenvalue weighted by Crippen LogP contribution is -2.64. The highest BCUT2D eigenvalue weighted by molar-refractivity contribution is 6.05. The summed E-state index contributed by atoms with van der Waals surface area (Å²) in [5.41, 5.74) is -4.22. The standard InChI is InChI=1S/C17H12F5N3O2/c18-16(19,17(20,21)22)15(27)10-13(11-4-2-1-3-5-11)24-25(15)14(26)12-6-8-23-9-7-12/h1-9,27H,10H2/t15-/m1/s1. The Hall–Kier alpha value is -2.88. The van der Waals surface area contributed by atoms with Gasteiger partial charge in [-0.3, -0.25) is 9.78 Å². The van der Waals surface area contributed by atoms with Gasteiger partial charge in [0.2, 0.25) is 5.72 Å². The summed E-state index contributed by atoms with van der Waals surface area (Å²) in [6, 6.07) is 9.72. The van der Waals surface area contributed by atoms with E-state index in [-0.39, 0.29) is 21.8 Å². The van der Waals surface area contributed by atoms with Crippen molar-refractivity contribution >= 4 is 11.6 Å². The van der Waals surface area contributed by atoms with Crippen molar-refractivity contribution in [3.05, 3.63) is 66.0 Å². The molecule has 0 saturated heterocycles. The van der Waals surface area contributed by atoms with E-state index in [1.807, 2.05) is 0 Å². The van der Waals surface area contributed by atoms with Gasteiger partial charge < -0.3 is 5.11 Å². The number of halogens is 5. The molecule has 0 bridgehead atoms. The Balaban J connectivity index is 2.11. The van der Waals surface area contributed by atoms with E-state index < -0.39 is 30.2 Å². The molecule has 1 aliphatic heterocycles. The van der Waals surface area contributed by atoms with Gasteiger partial charge in [-0.25, -0.2) is 0 Å². The van der Waals surface area contributed by atoms with Crippen molar-refractivity contribution in [3.63, 3.8) is 0 Å². The minimum atomic E-state index is -6.10. The molecule has 0 aliphatic carbocycles. The summed E-state index contributed by atoms with van der Waals surface area (Å²) in [5, 5.41) is 13.8. The number of aromatic nitrogens is 1. The van der Waals surface area contributed by atoms with Crippen molar-refractivity contribution in [1.29, 1.82) is 0 Å². The average Bonchev–Trinajstić information content (AvgIpc) is 3.01. The first-order chi connectivity index (χ1) is 12.6. The Morgan fingerprint density at radius 2 is 1.63 bits per heavy atom. The molecular weight excluding hydrogens is 373 g/mol. The number of rotatable bonds is 3. The molecule has 5 nitrogen and oxygen atoms in total. The minimum Gasteiger partial charge on any atom is -0.364 e. The second-order valence-corrected chi connectivity index (χ2v) is 5.83. The molecule has 0 fully saturated rings. The molecule has 1 amide bonds. The van der Waals surface area contributed by atoms with Crippen molar-refractivity contribution in [2.45, 2.75) is 24.2 Å². The van der Waals surface area contributed by atoms with E-state index in [0.717, 1.165) is 24.5 Å². The molecule has 10 heteroatoms. The van der Waals surface area contributed by atoms with Crippen molar-refractivity contribution in [3.8, 4) is 0 Å². The lowest BCUT2D eigenvalue weighted by Gasteiger charge is -2.38. The molecule has 1 atom stereocenters. The minimum absolute atomic E-state index is 0.196. The number of carbonyl (C=O) groups excluding carboxylic acids is 1. The maximum absolute atomic E-state index is 14.2. The number of hydrogen-bond donors (Lipinski definition) is 1. The van der Waals surface area contributed by atoms with Gasteiger partial charge in [-0.1, -0.05) is 30.3 Å². The molecule has 3 rings (SSSR count). The lowest BCUT2D eigenvalue weighted by molar-refractivity contribution is -0.362. The normalized spacial score (nSPS) is 20.5. The summed E-state index contributed by atoms with van der Waals surface area (Å²) < 4.78 is 67.3. The van der Waals surface area contributed by atoms with Gasteiger partial charge in [0.1, 0.15) is 0 Å². The molecule has 0 unspecified atom stereocenters. The molecule has 0 spiro atoms. The number of pyridine rings is 1. The van der Waals surface area contributed by atoms with Crippen LogP contribution in [0.25, 0.3) is 0 Å². The zero-order valence-corrected chi connectivity index (χ0v) is 13.5. The molecule has 1 aliphatic rings. The van der Waals surface area contributed by atoms with E-state index in [4.69, 9.17) is 0 Å². The Bertz CT molecular complexity index is 871. The summed E-state index contributed by atoms with van der Waals surface area (Å²) in [6.07, 6.45) is -4.97. The highest BCUT2D eigenvalue weighted by atomic mass is 19.4. The van der Waals surface area contributed by atoms with Gasteiger partial charge in [-0.05, 0) is 17.7 Å². The van der Waals surface area contributed by atoms with Gasteiger partial charge in [0.25, 0.3) is 5.91 Å². The van der Waals surface area contributed by atoms with Crippen LogP contribution in [0.3, 0.4) is 0 Å². The van der Waals surface area contributed by atoms with Crippen molar-refractivity contribution in [2.75, 3.05) is 0 Å². The predicted molar refractivity (Wildman–Crippen MR) is 84.0 cm³/mol. The van der Waals surface area contributed by atoms with E-state index in [0.29, 0.717) is 0 Å². The fraction of sp³-hybridized carbons (Fsp3) is 0.235. The third-order valence-electron chi connectivity index (χ3n) is 4.07. The fourth-order valence-corrected chi connectivity index (χ4v) is 2.64. The average molecular weight is 385 g/mol. The topological polar surface area (TPSA) is 65.8 Å². The van der Waals surface area contributed by atoms with Gasteiger partial charge in [0.15, 0.2) is 0 Å². The number of hydrogen-bond acceptors (Lipinski definition) is 4. The van der Waals surface area contributed by atoms with Gasteiger partial charge in [-0.15, -0.1) is 0 Å². The van der Waals surface area contributed by atoms with Crippen LogP contribution in [-0.4, -0.2) is 44.5 Å². The molecule has 0 radical (unpaired) electrons. The van der Waals surface area contributed by atoms with E-state index in [1.165, 1.54) is 24.3 Å². The molecule has 1 N–H and O–H groups in total. The smallest absolute Gasteiger partial charge is 0.364 e. The van der Waals surface area contributed by atoms with Gasteiger partial charge in [-0.2, -0.15) is 32.1 Å². The molecule has 1 aromatic heterocycles. The summed E-state index contributed by atoms with van der Waals surface area (Å²) >= 11 is 0. The zero-order valence-electron chi connectivity index (χ0n) is 13.5. The summed E-state index contributed by atoms with van der Waals surface area (Å²) in [6.45, 7) is 0. The number of benzene rings is 1.